The Morgan fingerprint density at radius 3 is 2.93 bits per heavy atom. The van der Waals surface area contributed by atoms with Gasteiger partial charge in [-0.3, -0.25) is 0 Å². The summed E-state index contributed by atoms with van der Waals surface area (Å²) in [4.78, 5) is 4.10. The molecule has 3 nitrogen and oxygen atoms in total. The molecule has 0 saturated heterocycles. The van der Waals surface area contributed by atoms with Gasteiger partial charge in [-0.05, 0) is 12.3 Å². The first-order chi connectivity index (χ1) is 6.95. The molecule has 0 radical (unpaired) electrons. The van der Waals surface area contributed by atoms with Crippen molar-refractivity contribution in [2.24, 2.45) is 5.92 Å². The van der Waals surface area contributed by atoms with E-state index >= 15 is 0 Å². The Labute approximate surface area is 89.1 Å². The molecule has 1 heterocycles. The predicted molar refractivity (Wildman–Crippen MR) is 59.6 cm³/mol. The van der Waals surface area contributed by atoms with Crippen LogP contribution in [0.3, 0.4) is 0 Å². The summed E-state index contributed by atoms with van der Waals surface area (Å²) < 4.78 is 3.96. The van der Waals surface area contributed by atoms with Crippen molar-refractivity contribution in [3.8, 4) is 0 Å². The standard InChI is InChI=1S/C10H17N3S/c1-2-4-9(5-3-1)6-7-11-10-12-8-13-14-10/h8-9H,1-7H2,(H,11,12,13). The van der Waals surface area contributed by atoms with Crippen LogP contribution in [0.5, 0.6) is 0 Å². The van der Waals surface area contributed by atoms with E-state index in [0.717, 1.165) is 17.6 Å². The molecule has 0 aromatic carbocycles. The highest BCUT2D eigenvalue weighted by Gasteiger charge is 2.12. The van der Waals surface area contributed by atoms with Gasteiger partial charge in [-0.15, -0.1) is 0 Å². The maximum atomic E-state index is 4.10. The molecule has 0 bridgehead atoms. The highest BCUT2D eigenvalue weighted by Crippen LogP contribution is 2.26. The summed E-state index contributed by atoms with van der Waals surface area (Å²) in [5.41, 5.74) is 0. The largest absolute Gasteiger partial charge is 0.360 e. The molecule has 1 saturated carbocycles. The second-order valence-corrected chi connectivity index (χ2v) is 4.75. The van der Waals surface area contributed by atoms with E-state index in [2.05, 4.69) is 14.7 Å². The van der Waals surface area contributed by atoms with Crippen LogP contribution in [-0.2, 0) is 0 Å². The molecule has 1 fully saturated rings. The van der Waals surface area contributed by atoms with Gasteiger partial charge in [-0.1, -0.05) is 32.1 Å². The van der Waals surface area contributed by atoms with Crippen LogP contribution in [0.4, 0.5) is 5.13 Å². The van der Waals surface area contributed by atoms with E-state index in [4.69, 9.17) is 0 Å². The van der Waals surface area contributed by atoms with E-state index in [1.165, 1.54) is 50.1 Å². The van der Waals surface area contributed by atoms with Crippen molar-refractivity contribution < 1.29 is 0 Å². The molecule has 0 amide bonds. The third-order valence-corrected chi connectivity index (χ3v) is 3.54. The number of aromatic nitrogens is 2. The van der Waals surface area contributed by atoms with Crippen molar-refractivity contribution in [2.75, 3.05) is 11.9 Å². The van der Waals surface area contributed by atoms with Gasteiger partial charge in [-0.25, -0.2) is 4.98 Å². The summed E-state index contributed by atoms with van der Waals surface area (Å²) in [6.07, 6.45) is 10.1. The molecule has 0 atom stereocenters. The Kier molecular flexibility index (Phi) is 3.74. The Hall–Kier alpha value is -0.640. The first-order valence-corrected chi connectivity index (χ1v) is 6.23. The van der Waals surface area contributed by atoms with Crippen LogP contribution >= 0.6 is 11.5 Å². The zero-order valence-corrected chi connectivity index (χ0v) is 9.22. The number of nitrogens with zero attached hydrogens (tertiary/aromatic N) is 2. The topological polar surface area (TPSA) is 37.8 Å². The van der Waals surface area contributed by atoms with Gasteiger partial charge >= 0.3 is 0 Å². The van der Waals surface area contributed by atoms with E-state index in [1.807, 2.05) is 0 Å². The van der Waals surface area contributed by atoms with Crippen molar-refractivity contribution in [3.05, 3.63) is 6.33 Å². The average molecular weight is 211 g/mol. The van der Waals surface area contributed by atoms with Crippen LogP contribution < -0.4 is 5.32 Å². The SMILES string of the molecule is c1nsc(NCCC2CCCCC2)n1. The van der Waals surface area contributed by atoms with Gasteiger partial charge in [0.05, 0.1) is 0 Å². The molecule has 4 heteroatoms. The number of hydrogen-bond acceptors (Lipinski definition) is 4. The summed E-state index contributed by atoms with van der Waals surface area (Å²) in [6.45, 7) is 1.06. The molecule has 0 aliphatic heterocycles. The third kappa shape index (κ3) is 2.94. The predicted octanol–water partition coefficient (Wildman–Crippen LogP) is 2.92. The summed E-state index contributed by atoms with van der Waals surface area (Å²) in [6, 6.07) is 0. The van der Waals surface area contributed by atoms with Crippen molar-refractivity contribution in [1.29, 1.82) is 0 Å². The molecule has 1 aromatic rings. The van der Waals surface area contributed by atoms with Gasteiger partial charge in [0.15, 0.2) is 0 Å². The molecule has 1 aliphatic rings. The molecule has 2 rings (SSSR count). The van der Waals surface area contributed by atoms with E-state index < -0.39 is 0 Å². The van der Waals surface area contributed by atoms with Gasteiger partial charge in [0.1, 0.15) is 6.33 Å². The Bertz CT molecular complexity index is 242. The minimum absolute atomic E-state index is 0.948. The fourth-order valence-electron chi connectivity index (χ4n) is 2.11. The monoisotopic (exact) mass is 211 g/mol. The number of anilines is 1. The number of hydrogen-bond donors (Lipinski definition) is 1. The first-order valence-electron chi connectivity index (χ1n) is 5.46. The van der Waals surface area contributed by atoms with Crippen LogP contribution in [0, 0.1) is 5.92 Å². The highest BCUT2D eigenvalue weighted by atomic mass is 32.1. The number of rotatable bonds is 4. The van der Waals surface area contributed by atoms with Crippen LogP contribution in [0.15, 0.2) is 6.33 Å². The first kappa shape index (κ1) is 9.90. The lowest BCUT2D eigenvalue weighted by molar-refractivity contribution is 0.345. The zero-order valence-electron chi connectivity index (χ0n) is 8.41. The zero-order chi connectivity index (χ0) is 9.64. The lowest BCUT2D eigenvalue weighted by Crippen LogP contribution is -2.11. The molecular formula is C10H17N3S. The average Bonchev–Trinajstić information content (AvgIpc) is 2.72. The van der Waals surface area contributed by atoms with Crippen molar-refractivity contribution in [1.82, 2.24) is 9.36 Å². The van der Waals surface area contributed by atoms with Gasteiger partial charge in [-0.2, -0.15) is 4.37 Å². The van der Waals surface area contributed by atoms with Crippen molar-refractivity contribution >= 4 is 16.7 Å². The molecule has 14 heavy (non-hydrogen) atoms. The molecule has 1 aromatic heterocycles. The van der Waals surface area contributed by atoms with Crippen LogP contribution in [-0.4, -0.2) is 15.9 Å². The van der Waals surface area contributed by atoms with E-state index in [9.17, 15) is 0 Å². The van der Waals surface area contributed by atoms with Gasteiger partial charge in [0.25, 0.3) is 0 Å². The van der Waals surface area contributed by atoms with E-state index in [-0.39, 0.29) is 0 Å². The molecular weight excluding hydrogens is 194 g/mol. The Morgan fingerprint density at radius 2 is 2.21 bits per heavy atom. The fraction of sp³-hybridized carbons (Fsp3) is 0.800. The minimum atomic E-state index is 0.948. The molecule has 1 aliphatic carbocycles. The second kappa shape index (κ2) is 5.29. The van der Waals surface area contributed by atoms with Crippen LogP contribution in [0.1, 0.15) is 38.5 Å². The normalized spacial score (nSPS) is 18.3. The lowest BCUT2D eigenvalue weighted by atomic mass is 9.87. The Morgan fingerprint density at radius 1 is 1.36 bits per heavy atom. The lowest BCUT2D eigenvalue weighted by Gasteiger charge is -2.21. The van der Waals surface area contributed by atoms with E-state index in [1.54, 1.807) is 6.33 Å². The molecule has 78 valence electrons. The highest BCUT2D eigenvalue weighted by molar-refractivity contribution is 7.09. The summed E-state index contributed by atoms with van der Waals surface area (Å²) in [7, 11) is 0. The van der Waals surface area contributed by atoms with Crippen LogP contribution in [0.2, 0.25) is 0 Å². The third-order valence-electron chi connectivity index (χ3n) is 2.91. The van der Waals surface area contributed by atoms with Gasteiger partial charge < -0.3 is 5.32 Å². The maximum Gasteiger partial charge on any atom is 0.202 e. The maximum absolute atomic E-state index is 4.10. The van der Waals surface area contributed by atoms with Crippen molar-refractivity contribution in [3.63, 3.8) is 0 Å². The molecule has 0 unspecified atom stereocenters. The molecule has 1 N–H and O–H groups in total. The number of nitrogens with one attached hydrogen (secondary N) is 1. The minimum Gasteiger partial charge on any atom is -0.360 e. The second-order valence-electron chi connectivity index (χ2n) is 3.97. The van der Waals surface area contributed by atoms with Crippen molar-refractivity contribution in [2.45, 2.75) is 38.5 Å². The van der Waals surface area contributed by atoms with Gasteiger partial charge in [0.2, 0.25) is 5.13 Å². The van der Waals surface area contributed by atoms with E-state index in [0.29, 0.717) is 0 Å². The summed E-state index contributed by atoms with van der Waals surface area (Å²) in [5.74, 6) is 0.948. The molecule has 0 spiro atoms. The quantitative estimate of drug-likeness (QED) is 0.832. The summed E-state index contributed by atoms with van der Waals surface area (Å²) in [5, 5.41) is 4.28. The van der Waals surface area contributed by atoms with Crippen LogP contribution in [0.25, 0.3) is 0 Å². The van der Waals surface area contributed by atoms with Gasteiger partial charge in [0, 0.05) is 18.1 Å². The fourth-order valence-corrected chi connectivity index (χ4v) is 2.57. The smallest absolute Gasteiger partial charge is 0.202 e. The Balaban J connectivity index is 1.62. The summed E-state index contributed by atoms with van der Waals surface area (Å²) >= 11 is 1.44.